The molecule has 4 rings (SSSR count). The van der Waals surface area contributed by atoms with Crippen molar-refractivity contribution in [1.82, 2.24) is 14.7 Å². The first-order chi connectivity index (χ1) is 15.4. The van der Waals surface area contributed by atoms with Crippen LogP contribution < -0.4 is 5.73 Å². The molecule has 0 aliphatic carbocycles. The van der Waals surface area contributed by atoms with Gasteiger partial charge in [0, 0.05) is 36.8 Å². The molecule has 2 atom stereocenters. The molecule has 0 saturated carbocycles. The van der Waals surface area contributed by atoms with Crippen LogP contribution in [0.15, 0.2) is 54.6 Å². The molecule has 0 saturated heterocycles. The Bertz CT molecular complexity index is 1100. The van der Waals surface area contributed by atoms with Gasteiger partial charge in [-0.25, -0.2) is 0 Å². The fourth-order valence-corrected chi connectivity index (χ4v) is 5.37. The zero-order chi connectivity index (χ0) is 22.9. The van der Waals surface area contributed by atoms with Gasteiger partial charge in [-0.05, 0) is 57.2 Å². The van der Waals surface area contributed by atoms with Crippen LogP contribution in [0.2, 0.25) is 0 Å². The summed E-state index contributed by atoms with van der Waals surface area (Å²) in [4.78, 5) is 15.3. The summed E-state index contributed by atoms with van der Waals surface area (Å²) in [6.07, 6.45) is 2.71. The SMILES string of the molecule is CCn1nc(C)c2c1CCN(C(C)(C(N)=O)c1ccccc1)C2CCc1ccccc1C. The van der Waals surface area contributed by atoms with Gasteiger partial charge in [0.2, 0.25) is 5.91 Å². The highest BCUT2D eigenvalue weighted by Crippen LogP contribution is 2.43. The van der Waals surface area contributed by atoms with E-state index in [-0.39, 0.29) is 11.9 Å². The van der Waals surface area contributed by atoms with Gasteiger partial charge >= 0.3 is 0 Å². The van der Waals surface area contributed by atoms with Crippen LogP contribution in [0.4, 0.5) is 0 Å². The fourth-order valence-electron chi connectivity index (χ4n) is 5.37. The second-order valence-electron chi connectivity index (χ2n) is 8.99. The van der Waals surface area contributed by atoms with Crippen molar-refractivity contribution < 1.29 is 4.79 Å². The Labute approximate surface area is 191 Å². The van der Waals surface area contributed by atoms with E-state index in [2.05, 4.69) is 54.6 Å². The third-order valence-corrected chi connectivity index (χ3v) is 7.22. The lowest BCUT2D eigenvalue weighted by atomic mass is 9.82. The number of benzene rings is 2. The minimum Gasteiger partial charge on any atom is -0.368 e. The monoisotopic (exact) mass is 430 g/mol. The minimum atomic E-state index is -0.893. The summed E-state index contributed by atoms with van der Waals surface area (Å²) in [7, 11) is 0. The van der Waals surface area contributed by atoms with E-state index >= 15 is 0 Å². The van der Waals surface area contributed by atoms with E-state index in [1.54, 1.807) is 0 Å². The molecule has 2 heterocycles. The third kappa shape index (κ3) is 3.75. The topological polar surface area (TPSA) is 64.2 Å². The van der Waals surface area contributed by atoms with Gasteiger partial charge in [0.15, 0.2) is 0 Å². The first kappa shape index (κ1) is 22.3. The van der Waals surface area contributed by atoms with E-state index in [1.807, 2.05) is 37.3 Å². The average Bonchev–Trinajstić information content (AvgIpc) is 3.14. The summed E-state index contributed by atoms with van der Waals surface area (Å²) < 4.78 is 2.13. The normalized spacial score (nSPS) is 18.2. The van der Waals surface area contributed by atoms with Crippen molar-refractivity contribution in [2.45, 2.75) is 65.1 Å². The molecule has 3 aromatic rings. The molecule has 1 aliphatic heterocycles. The number of carbonyl (C=O) groups excluding carboxylic acids is 1. The first-order valence-corrected chi connectivity index (χ1v) is 11.6. The van der Waals surface area contributed by atoms with Crippen molar-refractivity contribution in [3.8, 4) is 0 Å². The predicted molar refractivity (Wildman–Crippen MR) is 128 cm³/mol. The lowest BCUT2D eigenvalue weighted by Gasteiger charge is -2.47. The van der Waals surface area contributed by atoms with Gasteiger partial charge in [-0.1, -0.05) is 54.6 Å². The number of aryl methyl sites for hydroxylation is 4. The Kier molecular flexibility index (Phi) is 6.20. The van der Waals surface area contributed by atoms with Crippen LogP contribution >= 0.6 is 0 Å². The number of hydrogen-bond acceptors (Lipinski definition) is 3. The lowest BCUT2D eigenvalue weighted by molar-refractivity contribution is -0.132. The van der Waals surface area contributed by atoms with Gasteiger partial charge in [0.1, 0.15) is 5.54 Å². The number of nitrogens with zero attached hydrogens (tertiary/aromatic N) is 3. The summed E-state index contributed by atoms with van der Waals surface area (Å²) in [5.41, 5.74) is 12.4. The van der Waals surface area contributed by atoms with Crippen LogP contribution in [-0.2, 0) is 29.7 Å². The van der Waals surface area contributed by atoms with E-state index in [0.29, 0.717) is 0 Å². The highest BCUT2D eigenvalue weighted by Gasteiger charge is 2.46. The summed E-state index contributed by atoms with van der Waals surface area (Å²) in [6, 6.07) is 18.6. The molecule has 2 unspecified atom stereocenters. The predicted octanol–water partition coefficient (Wildman–Crippen LogP) is 4.45. The summed E-state index contributed by atoms with van der Waals surface area (Å²) in [5, 5.41) is 4.84. The molecule has 32 heavy (non-hydrogen) atoms. The highest BCUT2D eigenvalue weighted by atomic mass is 16.1. The Morgan fingerprint density at radius 3 is 2.47 bits per heavy atom. The maximum absolute atomic E-state index is 13.0. The Hall–Kier alpha value is -2.92. The number of aromatic nitrogens is 2. The third-order valence-electron chi connectivity index (χ3n) is 7.22. The minimum absolute atomic E-state index is 0.0661. The number of carbonyl (C=O) groups is 1. The number of hydrogen-bond donors (Lipinski definition) is 1. The van der Waals surface area contributed by atoms with Gasteiger partial charge in [0.25, 0.3) is 0 Å². The standard InChI is InChI=1S/C27H34N4O/c1-5-31-24-17-18-30(27(4,26(28)32)22-13-7-6-8-14-22)23(25(24)20(3)29-31)16-15-21-12-10-9-11-19(21)2/h6-14,23H,5,15-18H2,1-4H3,(H2,28,32). The van der Waals surface area contributed by atoms with Crippen molar-refractivity contribution >= 4 is 5.91 Å². The van der Waals surface area contributed by atoms with Crippen LogP contribution in [0.3, 0.4) is 0 Å². The van der Waals surface area contributed by atoms with Gasteiger partial charge in [-0.15, -0.1) is 0 Å². The van der Waals surface area contributed by atoms with Crippen molar-refractivity contribution in [2.75, 3.05) is 6.54 Å². The van der Waals surface area contributed by atoms with Gasteiger partial charge in [-0.2, -0.15) is 5.10 Å². The Morgan fingerprint density at radius 2 is 1.81 bits per heavy atom. The van der Waals surface area contributed by atoms with Gasteiger partial charge in [-0.3, -0.25) is 14.4 Å². The second kappa shape index (κ2) is 8.91. The molecule has 5 nitrogen and oxygen atoms in total. The zero-order valence-electron chi connectivity index (χ0n) is 19.6. The highest BCUT2D eigenvalue weighted by molar-refractivity contribution is 5.86. The summed E-state index contributed by atoms with van der Waals surface area (Å²) in [5.74, 6) is -0.312. The molecule has 0 bridgehead atoms. The quantitative estimate of drug-likeness (QED) is 0.602. The van der Waals surface area contributed by atoms with E-state index in [9.17, 15) is 4.79 Å². The first-order valence-electron chi connectivity index (χ1n) is 11.6. The second-order valence-corrected chi connectivity index (χ2v) is 8.99. The van der Waals surface area contributed by atoms with E-state index in [4.69, 9.17) is 10.8 Å². The maximum Gasteiger partial charge on any atom is 0.242 e. The maximum atomic E-state index is 13.0. The molecule has 0 fully saturated rings. The Balaban J connectivity index is 1.80. The summed E-state index contributed by atoms with van der Waals surface area (Å²) in [6.45, 7) is 10.0. The van der Waals surface area contributed by atoms with Gasteiger partial charge in [0.05, 0.1) is 5.69 Å². The van der Waals surface area contributed by atoms with Crippen LogP contribution in [0.1, 0.15) is 60.0 Å². The van der Waals surface area contributed by atoms with Crippen molar-refractivity contribution in [1.29, 1.82) is 0 Å². The number of amides is 1. The van der Waals surface area contributed by atoms with Gasteiger partial charge < -0.3 is 5.73 Å². The smallest absolute Gasteiger partial charge is 0.242 e. The molecule has 168 valence electrons. The average molecular weight is 431 g/mol. The van der Waals surface area contributed by atoms with E-state index < -0.39 is 5.54 Å². The van der Waals surface area contributed by atoms with Crippen molar-refractivity contribution in [2.24, 2.45) is 5.73 Å². The van der Waals surface area contributed by atoms with E-state index in [1.165, 1.54) is 22.4 Å². The van der Waals surface area contributed by atoms with Crippen molar-refractivity contribution in [3.05, 3.63) is 88.2 Å². The number of primary amides is 1. The zero-order valence-corrected chi connectivity index (χ0v) is 19.6. The summed E-state index contributed by atoms with van der Waals surface area (Å²) >= 11 is 0. The molecule has 2 N–H and O–H groups in total. The Morgan fingerprint density at radius 1 is 1.12 bits per heavy atom. The molecule has 5 heteroatoms. The van der Waals surface area contributed by atoms with Crippen molar-refractivity contribution in [3.63, 3.8) is 0 Å². The number of rotatable bonds is 7. The molecular weight excluding hydrogens is 396 g/mol. The number of fused-ring (bicyclic) bond motifs is 1. The molecule has 0 spiro atoms. The largest absolute Gasteiger partial charge is 0.368 e. The molecule has 1 amide bonds. The molecule has 2 aromatic carbocycles. The fraction of sp³-hybridized carbons (Fsp3) is 0.407. The van der Waals surface area contributed by atoms with E-state index in [0.717, 1.165) is 43.6 Å². The van der Waals surface area contributed by atoms with Crippen LogP contribution in [0.25, 0.3) is 0 Å². The van der Waals surface area contributed by atoms with Crippen LogP contribution in [0, 0.1) is 13.8 Å². The molecule has 0 radical (unpaired) electrons. The molecular formula is C27H34N4O. The molecule has 1 aromatic heterocycles. The van der Waals surface area contributed by atoms with Crippen LogP contribution in [0.5, 0.6) is 0 Å². The lowest BCUT2D eigenvalue weighted by Crippen LogP contribution is -2.56. The number of nitrogens with two attached hydrogens (primary N) is 1. The molecule has 1 aliphatic rings. The van der Waals surface area contributed by atoms with Crippen LogP contribution in [-0.4, -0.2) is 27.1 Å².